The van der Waals surface area contributed by atoms with Gasteiger partial charge in [-0.2, -0.15) is 0 Å². The number of aliphatic carboxylic acids is 1. The van der Waals surface area contributed by atoms with Crippen LogP contribution in [0.4, 0.5) is 4.39 Å². The highest BCUT2D eigenvalue weighted by atomic mass is 35.5. The van der Waals surface area contributed by atoms with E-state index in [1.54, 1.807) is 55.7 Å². The molecule has 1 aliphatic rings. The number of pyridine rings is 1. The molecule has 1 saturated heterocycles. The monoisotopic (exact) mass is 518 g/mol. The zero-order valence-corrected chi connectivity index (χ0v) is 21.1. The van der Waals surface area contributed by atoms with Crippen molar-refractivity contribution in [3.05, 3.63) is 53.6 Å². The molecule has 0 saturated carbocycles. The number of aromatic nitrogens is 3. The Bertz CT molecular complexity index is 1160. The van der Waals surface area contributed by atoms with Gasteiger partial charge in [0.2, 0.25) is 0 Å². The average molecular weight is 519 g/mol. The molecule has 1 aromatic carbocycles. The van der Waals surface area contributed by atoms with Crippen LogP contribution in [0.3, 0.4) is 0 Å². The van der Waals surface area contributed by atoms with Crippen molar-refractivity contribution < 1.29 is 19.0 Å². The average Bonchev–Trinajstić information content (AvgIpc) is 2.88. The highest BCUT2D eigenvalue weighted by Gasteiger charge is 2.41. The molecule has 0 amide bonds. The van der Waals surface area contributed by atoms with Crippen LogP contribution >= 0.6 is 23.4 Å². The van der Waals surface area contributed by atoms with Crippen molar-refractivity contribution in [2.45, 2.75) is 36.9 Å². The first-order valence-electron chi connectivity index (χ1n) is 11.5. The summed E-state index contributed by atoms with van der Waals surface area (Å²) in [6, 6.07) is 5.25. The first-order valence-corrected chi connectivity index (χ1v) is 12.9. The van der Waals surface area contributed by atoms with Gasteiger partial charge in [0.25, 0.3) is 0 Å². The number of carboxylic acids is 1. The molecular formula is C25H28ClFN4O3S. The number of thioether (sulfide) groups is 1. The molecule has 10 heteroatoms. The lowest BCUT2D eigenvalue weighted by Crippen LogP contribution is -2.45. The smallest absolute Gasteiger partial charge is 0.309 e. The Hall–Kier alpha value is -2.49. The number of rotatable bonds is 10. The van der Waals surface area contributed by atoms with Crippen molar-refractivity contribution in [1.82, 2.24) is 19.9 Å². The van der Waals surface area contributed by atoms with Crippen LogP contribution in [0.2, 0.25) is 5.02 Å². The molecule has 1 aliphatic heterocycles. The molecule has 0 bridgehead atoms. The van der Waals surface area contributed by atoms with Crippen molar-refractivity contribution in [3.8, 4) is 5.75 Å². The number of alkyl halides is 1. The lowest BCUT2D eigenvalue weighted by molar-refractivity contribution is -0.153. The highest BCUT2D eigenvalue weighted by molar-refractivity contribution is 7.99. The number of nitrogens with zero attached hydrogens (tertiary/aromatic N) is 4. The molecule has 1 atom stereocenters. The van der Waals surface area contributed by atoms with Crippen molar-refractivity contribution in [2.75, 3.05) is 32.5 Å². The molecular weight excluding hydrogens is 491 g/mol. The van der Waals surface area contributed by atoms with Gasteiger partial charge in [0.1, 0.15) is 16.9 Å². The number of likely N-dealkylation sites (tertiary alicyclic amines) is 1. The molecule has 0 radical (unpaired) electrons. The lowest BCUT2D eigenvalue weighted by Gasteiger charge is -2.39. The molecule has 1 N–H and O–H groups in total. The summed E-state index contributed by atoms with van der Waals surface area (Å²) in [5.74, 6) is 0.579. The number of halogens is 2. The van der Waals surface area contributed by atoms with E-state index in [9.17, 15) is 9.90 Å². The Kier molecular flexibility index (Phi) is 8.41. The number of methoxy groups -OCH3 is 1. The van der Waals surface area contributed by atoms with Gasteiger partial charge in [-0.3, -0.25) is 14.8 Å². The molecule has 1 fully saturated rings. The van der Waals surface area contributed by atoms with Gasteiger partial charge in [-0.1, -0.05) is 11.6 Å². The second kappa shape index (κ2) is 11.5. The van der Waals surface area contributed by atoms with E-state index in [4.69, 9.17) is 16.3 Å². The minimum Gasteiger partial charge on any atom is -0.497 e. The number of hydrogen-bond acceptors (Lipinski definition) is 7. The van der Waals surface area contributed by atoms with Crippen LogP contribution < -0.4 is 4.74 Å². The fourth-order valence-corrected chi connectivity index (χ4v) is 5.67. The number of carboxylic acid groups (broad SMARTS) is 1. The van der Waals surface area contributed by atoms with Gasteiger partial charge in [0.15, 0.2) is 0 Å². The minimum atomic E-state index is -1.40. The number of carbonyl (C=O) groups is 1. The second-order valence-electron chi connectivity index (χ2n) is 8.73. The third-order valence-corrected chi connectivity index (χ3v) is 7.92. The number of piperidine rings is 1. The van der Waals surface area contributed by atoms with E-state index in [2.05, 4.69) is 19.9 Å². The largest absolute Gasteiger partial charge is 0.497 e. The SMILES string of the molecule is COc1ccc2ncc(Cl)c(C(F)CCC3(C(=O)O)CCN(CCSc4cnccn4)CC3)c2c1. The fraction of sp³-hybridized carbons (Fsp3) is 0.440. The number of fused-ring (bicyclic) bond motifs is 1. The van der Waals surface area contributed by atoms with Crippen LogP contribution in [0.1, 0.15) is 37.4 Å². The summed E-state index contributed by atoms with van der Waals surface area (Å²) in [4.78, 5) is 27.1. The Balaban J connectivity index is 1.38. The summed E-state index contributed by atoms with van der Waals surface area (Å²) in [7, 11) is 1.54. The predicted molar refractivity (Wildman–Crippen MR) is 135 cm³/mol. The molecule has 3 heterocycles. The first-order chi connectivity index (χ1) is 16.9. The van der Waals surface area contributed by atoms with Crippen molar-refractivity contribution in [1.29, 1.82) is 0 Å². The predicted octanol–water partition coefficient (Wildman–Crippen LogP) is 5.44. The van der Waals surface area contributed by atoms with Gasteiger partial charge in [-0.15, -0.1) is 11.8 Å². The van der Waals surface area contributed by atoms with Gasteiger partial charge in [-0.05, 0) is 57.0 Å². The fourth-order valence-electron chi connectivity index (χ4n) is 4.58. The van der Waals surface area contributed by atoms with Gasteiger partial charge in [0.05, 0.1) is 29.3 Å². The molecule has 35 heavy (non-hydrogen) atoms. The van der Waals surface area contributed by atoms with Crippen LogP contribution in [0.5, 0.6) is 5.75 Å². The van der Waals surface area contributed by atoms with E-state index in [1.807, 2.05) is 0 Å². The first kappa shape index (κ1) is 25.6. The Labute approximate surface area is 213 Å². The molecule has 2 aromatic heterocycles. The van der Waals surface area contributed by atoms with Gasteiger partial charge in [-0.25, -0.2) is 9.37 Å². The maximum absolute atomic E-state index is 15.6. The number of ether oxygens (including phenoxy) is 1. The van der Waals surface area contributed by atoms with Crippen LogP contribution in [-0.4, -0.2) is 63.4 Å². The van der Waals surface area contributed by atoms with E-state index in [0.717, 1.165) is 17.3 Å². The summed E-state index contributed by atoms with van der Waals surface area (Å²) in [6.07, 6.45) is 6.39. The topological polar surface area (TPSA) is 88.4 Å². The highest BCUT2D eigenvalue weighted by Crippen LogP contribution is 2.42. The normalized spacial score (nSPS) is 16.8. The van der Waals surface area contributed by atoms with Crippen LogP contribution in [0.15, 0.2) is 48.0 Å². The summed E-state index contributed by atoms with van der Waals surface area (Å²) >= 11 is 7.98. The molecule has 186 valence electrons. The van der Waals surface area contributed by atoms with E-state index in [0.29, 0.717) is 48.1 Å². The van der Waals surface area contributed by atoms with E-state index >= 15 is 4.39 Å². The van der Waals surface area contributed by atoms with Gasteiger partial charge in [0, 0.05) is 41.8 Å². The van der Waals surface area contributed by atoms with Gasteiger partial charge < -0.3 is 14.7 Å². The third-order valence-electron chi connectivity index (χ3n) is 6.72. The Morgan fingerprint density at radius 3 is 2.77 bits per heavy atom. The third kappa shape index (κ3) is 6.02. The molecule has 4 rings (SSSR count). The minimum absolute atomic E-state index is 0.0743. The van der Waals surface area contributed by atoms with Crippen LogP contribution in [0.25, 0.3) is 10.9 Å². The maximum atomic E-state index is 15.6. The molecule has 0 aliphatic carbocycles. The quantitative estimate of drug-likeness (QED) is 0.355. The second-order valence-corrected chi connectivity index (χ2v) is 10.3. The number of hydrogen-bond donors (Lipinski definition) is 1. The summed E-state index contributed by atoms with van der Waals surface area (Å²) < 4.78 is 20.9. The van der Waals surface area contributed by atoms with E-state index in [1.165, 1.54) is 6.20 Å². The zero-order chi connectivity index (χ0) is 24.8. The number of benzene rings is 1. The molecule has 3 aromatic rings. The van der Waals surface area contributed by atoms with Crippen molar-refractivity contribution >= 4 is 40.2 Å². The zero-order valence-electron chi connectivity index (χ0n) is 19.5. The summed E-state index contributed by atoms with van der Waals surface area (Å²) in [5, 5.41) is 11.8. The van der Waals surface area contributed by atoms with E-state index < -0.39 is 17.6 Å². The standard InChI is InChI=1S/C25H28ClFN4O3S/c1-34-17-2-3-21-18(14-17)23(19(26)15-30-21)20(27)4-5-25(24(32)33)6-10-31(11-7-25)12-13-35-22-16-28-8-9-29-22/h2-3,8-9,14-16,20H,4-7,10-13H2,1H3,(H,32,33). The Morgan fingerprint density at radius 2 is 2.09 bits per heavy atom. The molecule has 1 unspecified atom stereocenters. The van der Waals surface area contributed by atoms with Gasteiger partial charge >= 0.3 is 5.97 Å². The van der Waals surface area contributed by atoms with Crippen LogP contribution in [-0.2, 0) is 4.79 Å². The van der Waals surface area contributed by atoms with E-state index in [-0.39, 0.29) is 17.9 Å². The summed E-state index contributed by atoms with van der Waals surface area (Å²) in [6.45, 7) is 2.17. The maximum Gasteiger partial charge on any atom is 0.309 e. The van der Waals surface area contributed by atoms with Crippen molar-refractivity contribution in [2.24, 2.45) is 5.41 Å². The Morgan fingerprint density at radius 1 is 1.29 bits per heavy atom. The lowest BCUT2D eigenvalue weighted by atomic mass is 9.74. The van der Waals surface area contributed by atoms with Crippen LogP contribution in [0, 0.1) is 5.41 Å². The molecule has 7 nitrogen and oxygen atoms in total. The van der Waals surface area contributed by atoms with Crippen molar-refractivity contribution in [3.63, 3.8) is 0 Å². The summed E-state index contributed by atoms with van der Waals surface area (Å²) in [5.41, 5.74) is 0.0225. The molecule has 0 spiro atoms.